The molecule has 2 heteroatoms. The molecule has 0 aliphatic heterocycles. The van der Waals surface area contributed by atoms with Gasteiger partial charge < -0.3 is 10.6 Å². The number of nitrogens with zero attached hydrogens (tertiary/aromatic N) is 1. The van der Waals surface area contributed by atoms with Gasteiger partial charge in [-0.3, -0.25) is 0 Å². The summed E-state index contributed by atoms with van der Waals surface area (Å²) < 4.78 is 0. The van der Waals surface area contributed by atoms with Gasteiger partial charge in [-0.15, -0.1) is 0 Å². The Morgan fingerprint density at radius 3 is 2.67 bits per heavy atom. The van der Waals surface area contributed by atoms with E-state index in [1.54, 1.807) is 0 Å². The molecule has 0 amide bonds. The van der Waals surface area contributed by atoms with Crippen LogP contribution >= 0.6 is 0 Å². The summed E-state index contributed by atoms with van der Waals surface area (Å²) in [6.45, 7) is 2.90. The van der Waals surface area contributed by atoms with E-state index in [-0.39, 0.29) is 0 Å². The van der Waals surface area contributed by atoms with Crippen molar-refractivity contribution in [3.63, 3.8) is 0 Å². The lowest BCUT2D eigenvalue weighted by atomic mass is 10.0. The smallest absolute Gasteiger partial charge is 0.0230 e. The summed E-state index contributed by atoms with van der Waals surface area (Å²) in [5.41, 5.74) is 8.29. The predicted molar refractivity (Wildman–Crippen MR) is 77.2 cm³/mol. The van der Waals surface area contributed by atoms with E-state index in [9.17, 15) is 0 Å². The minimum Gasteiger partial charge on any atom is -0.326 e. The van der Waals surface area contributed by atoms with E-state index in [1.807, 2.05) is 0 Å². The molecule has 0 bridgehead atoms. The van der Waals surface area contributed by atoms with E-state index in [0.717, 1.165) is 12.5 Å². The summed E-state index contributed by atoms with van der Waals surface area (Å²) in [5.74, 6) is 0.989. The van der Waals surface area contributed by atoms with Gasteiger partial charge in [0.15, 0.2) is 0 Å². The monoisotopic (exact) mass is 246 g/mol. The molecule has 1 saturated carbocycles. The normalized spacial score (nSPS) is 16.6. The zero-order chi connectivity index (χ0) is 12.8. The Bertz CT molecular complexity index is 356. The number of nitrogens with two attached hydrogens (primary N) is 1. The molecule has 1 fully saturated rings. The fourth-order valence-electron chi connectivity index (χ4n) is 2.95. The minimum absolute atomic E-state index is 0.639. The summed E-state index contributed by atoms with van der Waals surface area (Å²) in [7, 11) is 2.23. The fourth-order valence-corrected chi connectivity index (χ4v) is 2.95. The first-order valence-corrected chi connectivity index (χ1v) is 7.24. The molecule has 0 radical (unpaired) electrons. The Morgan fingerprint density at radius 1 is 1.22 bits per heavy atom. The second kappa shape index (κ2) is 6.91. The van der Waals surface area contributed by atoms with E-state index < -0.39 is 0 Å². The number of rotatable bonds is 6. The van der Waals surface area contributed by atoms with Crippen LogP contribution in [0.2, 0.25) is 0 Å². The van der Waals surface area contributed by atoms with Gasteiger partial charge in [-0.25, -0.2) is 0 Å². The van der Waals surface area contributed by atoms with Crippen molar-refractivity contribution in [2.45, 2.75) is 45.2 Å². The molecule has 0 saturated heterocycles. The van der Waals surface area contributed by atoms with Crippen molar-refractivity contribution in [1.82, 2.24) is 4.90 Å². The molecular weight excluding hydrogens is 220 g/mol. The maximum Gasteiger partial charge on any atom is 0.0230 e. The van der Waals surface area contributed by atoms with Gasteiger partial charge in [-0.1, -0.05) is 49.9 Å². The first-order chi connectivity index (χ1) is 8.78. The first kappa shape index (κ1) is 13.6. The highest BCUT2D eigenvalue weighted by Gasteiger charge is 2.15. The van der Waals surface area contributed by atoms with Gasteiger partial charge in [0.1, 0.15) is 0 Å². The molecule has 1 aliphatic rings. The Balaban J connectivity index is 1.76. The molecule has 0 aromatic heterocycles. The van der Waals surface area contributed by atoms with E-state index in [2.05, 4.69) is 36.2 Å². The Kier molecular flexibility index (Phi) is 5.21. The standard InChI is InChI=1S/C16H26N2/c1-18(10-9-14-5-2-3-6-14)13-16-8-4-7-15(11-16)12-17/h4,7-8,11,14H,2-3,5-6,9-10,12-13,17H2,1H3. The SMILES string of the molecule is CN(CCC1CCCC1)Cc1cccc(CN)c1. The molecule has 1 aromatic carbocycles. The largest absolute Gasteiger partial charge is 0.326 e. The molecule has 0 heterocycles. The lowest BCUT2D eigenvalue weighted by Crippen LogP contribution is -2.21. The van der Waals surface area contributed by atoms with Crippen LogP contribution in [0.15, 0.2) is 24.3 Å². The summed E-state index contributed by atoms with van der Waals surface area (Å²) in [6.07, 6.45) is 7.18. The van der Waals surface area contributed by atoms with Crippen LogP contribution in [0.3, 0.4) is 0 Å². The van der Waals surface area contributed by atoms with Crippen LogP contribution in [-0.4, -0.2) is 18.5 Å². The highest BCUT2D eigenvalue weighted by atomic mass is 15.1. The summed E-state index contributed by atoms with van der Waals surface area (Å²) >= 11 is 0. The van der Waals surface area contributed by atoms with Gasteiger partial charge >= 0.3 is 0 Å². The maximum absolute atomic E-state index is 5.68. The zero-order valence-corrected chi connectivity index (χ0v) is 11.6. The maximum atomic E-state index is 5.68. The molecule has 18 heavy (non-hydrogen) atoms. The molecule has 2 N–H and O–H groups in total. The lowest BCUT2D eigenvalue weighted by molar-refractivity contribution is 0.294. The zero-order valence-electron chi connectivity index (χ0n) is 11.6. The highest BCUT2D eigenvalue weighted by Crippen LogP contribution is 2.27. The lowest BCUT2D eigenvalue weighted by Gasteiger charge is -2.19. The van der Waals surface area contributed by atoms with Crippen molar-refractivity contribution in [3.8, 4) is 0 Å². The van der Waals surface area contributed by atoms with Crippen molar-refractivity contribution < 1.29 is 0 Å². The molecule has 1 aliphatic carbocycles. The van der Waals surface area contributed by atoms with Crippen molar-refractivity contribution in [3.05, 3.63) is 35.4 Å². The Hall–Kier alpha value is -0.860. The van der Waals surface area contributed by atoms with Gasteiger partial charge in [0.25, 0.3) is 0 Å². The van der Waals surface area contributed by atoms with Gasteiger partial charge in [0.2, 0.25) is 0 Å². The van der Waals surface area contributed by atoms with Crippen LogP contribution in [0.1, 0.15) is 43.2 Å². The van der Waals surface area contributed by atoms with Crippen molar-refractivity contribution in [2.75, 3.05) is 13.6 Å². The molecular formula is C16H26N2. The quantitative estimate of drug-likeness (QED) is 0.835. The molecule has 100 valence electrons. The van der Waals surface area contributed by atoms with Crippen LogP contribution in [0.4, 0.5) is 0 Å². The van der Waals surface area contributed by atoms with E-state index >= 15 is 0 Å². The third-order valence-corrected chi connectivity index (χ3v) is 4.07. The second-order valence-corrected chi connectivity index (χ2v) is 5.70. The van der Waals surface area contributed by atoms with Crippen molar-refractivity contribution in [2.24, 2.45) is 11.7 Å². The summed E-state index contributed by atoms with van der Waals surface area (Å²) in [5, 5.41) is 0. The molecule has 0 spiro atoms. The fraction of sp³-hybridized carbons (Fsp3) is 0.625. The van der Waals surface area contributed by atoms with E-state index in [1.165, 1.54) is 49.8 Å². The molecule has 0 atom stereocenters. The molecule has 2 rings (SSSR count). The molecule has 1 aromatic rings. The Labute approximate surface area is 111 Å². The second-order valence-electron chi connectivity index (χ2n) is 5.70. The van der Waals surface area contributed by atoms with Crippen LogP contribution in [0.5, 0.6) is 0 Å². The van der Waals surface area contributed by atoms with Crippen molar-refractivity contribution >= 4 is 0 Å². The molecule has 2 nitrogen and oxygen atoms in total. The summed E-state index contributed by atoms with van der Waals surface area (Å²) in [4.78, 5) is 2.44. The average Bonchev–Trinajstić information content (AvgIpc) is 2.90. The van der Waals surface area contributed by atoms with Gasteiger partial charge in [-0.2, -0.15) is 0 Å². The van der Waals surface area contributed by atoms with Gasteiger partial charge in [0.05, 0.1) is 0 Å². The predicted octanol–water partition coefficient (Wildman–Crippen LogP) is 3.16. The first-order valence-electron chi connectivity index (χ1n) is 7.24. The van der Waals surface area contributed by atoms with Gasteiger partial charge in [0, 0.05) is 13.1 Å². The number of hydrogen-bond acceptors (Lipinski definition) is 2. The van der Waals surface area contributed by atoms with Crippen LogP contribution in [0, 0.1) is 5.92 Å². The van der Waals surface area contributed by atoms with Crippen LogP contribution in [-0.2, 0) is 13.1 Å². The number of hydrogen-bond donors (Lipinski definition) is 1. The van der Waals surface area contributed by atoms with E-state index in [4.69, 9.17) is 5.73 Å². The minimum atomic E-state index is 0.639. The third kappa shape index (κ3) is 4.11. The number of benzene rings is 1. The summed E-state index contributed by atoms with van der Waals surface area (Å²) in [6, 6.07) is 8.64. The van der Waals surface area contributed by atoms with Gasteiger partial charge in [-0.05, 0) is 37.1 Å². The van der Waals surface area contributed by atoms with Crippen LogP contribution in [0.25, 0.3) is 0 Å². The van der Waals surface area contributed by atoms with Crippen molar-refractivity contribution in [1.29, 1.82) is 0 Å². The van der Waals surface area contributed by atoms with E-state index in [0.29, 0.717) is 6.54 Å². The average molecular weight is 246 g/mol. The van der Waals surface area contributed by atoms with Crippen LogP contribution < -0.4 is 5.73 Å². The highest BCUT2D eigenvalue weighted by molar-refractivity contribution is 5.23. The topological polar surface area (TPSA) is 29.3 Å². The Morgan fingerprint density at radius 2 is 1.94 bits per heavy atom. The molecule has 0 unspecified atom stereocenters. The third-order valence-electron chi connectivity index (χ3n) is 4.07.